The normalized spacial score (nSPS) is 15.7. The maximum Gasteiger partial charge on any atom is 0.273 e. The maximum absolute atomic E-state index is 13.1. The quantitative estimate of drug-likeness (QED) is 0.677. The molecule has 6 heteroatoms. The summed E-state index contributed by atoms with van der Waals surface area (Å²) in [6.45, 7) is 5.00. The Kier molecular flexibility index (Phi) is 4.77. The molecule has 1 atom stereocenters. The smallest absolute Gasteiger partial charge is 0.273 e. The summed E-state index contributed by atoms with van der Waals surface area (Å²) < 4.78 is 5.57. The molecular formula is C22H23N3O3. The Labute approximate surface area is 163 Å². The number of amides is 1. The van der Waals surface area contributed by atoms with Gasteiger partial charge in [0.05, 0.1) is 18.3 Å². The first-order chi connectivity index (χ1) is 13.7. The zero-order valence-corrected chi connectivity index (χ0v) is 16.0. The number of phenols is 1. The second kappa shape index (κ2) is 7.38. The number of aromatic nitrogens is 2. The third kappa shape index (κ3) is 2.91. The number of rotatable bonds is 6. The Balaban J connectivity index is 1.88. The van der Waals surface area contributed by atoms with E-state index in [0.717, 1.165) is 28.8 Å². The van der Waals surface area contributed by atoms with Crippen LogP contribution in [0.3, 0.4) is 0 Å². The van der Waals surface area contributed by atoms with Crippen molar-refractivity contribution >= 4 is 5.91 Å². The summed E-state index contributed by atoms with van der Waals surface area (Å²) >= 11 is 0. The standard InChI is InChI=1S/C22H23N3O3/c1-3-12-25-21(15-10-11-16(26)17(13-15)28-4-2)18-19(14-8-6-5-7-9-14)23-24-20(18)22(25)27/h5-11,13,21,26H,3-4,12H2,1-2H3,(H,23,24)/t21-/m0/s1. The predicted octanol–water partition coefficient (Wildman–Crippen LogP) is 4.14. The summed E-state index contributed by atoms with van der Waals surface area (Å²) in [7, 11) is 0. The Morgan fingerprint density at radius 2 is 1.96 bits per heavy atom. The van der Waals surface area contributed by atoms with Gasteiger partial charge in [-0.2, -0.15) is 5.10 Å². The van der Waals surface area contributed by atoms with Crippen LogP contribution in [0.15, 0.2) is 48.5 Å². The van der Waals surface area contributed by atoms with E-state index in [-0.39, 0.29) is 17.7 Å². The number of H-pyrrole nitrogens is 1. The fourth-order valence-electron chi connectivity index (χ4n) is 3.80. The number of fused-ring (bicyclic) bond motifs is 1. The average Bonchev–Trinajstić information content (AvgIpc) is 3.25. The molecule has 1 aliphatic heterocycles. The number of hydrogen-bond acceptors (Lipinski definition) is 4. The van der Waals surface area contributed by atoms with Crippen LogP contribution < -0.4 is 4.74 Å². The second-order valence-corrected chi connectivity index (χ2v) is 6.79. The van der Waals surface area contributed by atoms with Gasteiger partial charge in [0.25, 0.3) is 5.91 Å². The van der Waals surface area contributed by atoms with Crippen molar-refractivity contribution in [2.24, 2.45) is 0 Å². The lowest BCUT2D eigenvalue weighted by Crippen LogP contribution is -2.30. The Bertz CT molecular complexity index is 998. The van der Waals surface area contributed by atoms with Crippen molar-refractivity contribution in [3.63, 3.8) is 0 Å². The maximum atomic E-state index is 13.1. The van der Waals surface area contributed by atoms with Crippen LogP contribution in [0.25, 0.3) is 11.3 Å². The number of benzene rings is 2. The largest absolute Gasteiger partial charge is 0.504 e. The summed E-state index contributed by atoms with van der Waals surface area (Å²) in [5.74, 6) is 0.456. The highest BCUT2D eigenvalue weighted by Gasteiger charge is 2.41. The summed E-state index contributed by atoms with van der Waals surface area (Å²) in [5, 5.41) is 17.5. The number of nitrogens with zero attached hydrogens (tertiary/aromatic N) is 2. The van der Waals surface area contributed by atoms with Gasteiger partial charge in [-0.15, -0.1) is 0 Å². The molecule has 1 aliphatic rings. The Morgan fingerprint density at radius 1 is 1.18 bits per heavy atom. The minimum Gasteiger partial charge on any atom is -0.504 e. The van der Waals surface area contributed by atoms with Gasteiger partial charge in [-0.1, -0.05) is 43.3 Å². The predicted molar refractivity (Wildman–Crippen MR) is 106 cm³/mol. The van der Waals surface area contributed by atoms with Gasteiger partial charge in [-0.3, -0.25) is 9.89 Å². The first-order valence-electron chi connectivity index (χ1n) is 9.56. The van der Waals surface area contributed by atoms with Crippen LogP contribution in [0.5, 0.6) is 11.5 Å². The summed E-state index contributed by atoms with van der Waals surface area (Å²) in [4.78, 5) is 14.9. The number of ether oxygens (including phenoxy) is 1. The minimum atomic E-state index is -0.281. The van der Waals surface area contributed by atoms with Crippen molar-refractivity contribution in [3.05, 3.63) is 65.4 Å². The molecule has 28 heavy (non-hydrogen) atoms. The number of aromatic amines is 1. The first kappa shape index (κ1) is 18.1. The van der Waals surface area contributed by atoms with E-state index in [4.69, 9.17) is 4.74 Å². The Hall–Kier alpha value is -3.28. The van der Waals surface area contributed by atoms with Gasteiger partial charge < -0.3 is 14.7 Å². The molecule has 144 valence electrons. The topological polar surface area (TPSA) is 78.5 Å². The monoisotopic (exact) mass is 377 g/mol. The van der Waals surface area contributed by atoms with Gasteiger partial charge in [0.15, 0.2) is 11.5 Å². The SMILES string of the molecule is CCCN1C(=O)c2[nH]nc(-c3ccccc3)c2[C@@H]1c1ccc(O)c(OCC)c1. The van der Waals surface area contributed by atoms with E-state index in [1.165, 1.54) is 0 Å². The van der Waals surface area contributed by atoms with E-state index >= 15 is 0 Å². The van der Waals surface area contributed by atoms with E-state index in [9.17, 15) is 9.90 Å². The minimum absolute atomic E-state index is 0.0532. The van der Waals surface area contributed by atoms with E-state index in [1.54, 1.807) is 6.07 Å². The molecule has 0 radical (unpaired) electrons. The lowest BCUT2D eigenvalue weighted by molar-refractivity contribution is 0.0743. The highest BCUT2D eigenvalue weighted by atomic mass is 16.5. The molecule has 3 aromatic rings. The van der Waals surface area contributed by atoms with E-state index in [2.05, 4.69) is 17.1 Å². The van der Waals surface area contributed by atoms with Crippen LogP contribution in [0.2, 0.25) is 0 Å². The van der Waals surface area contributed by atoms with Crippen LogP contribution in [-0.2, 0) is 0 Å². The molecule has 4 rings (SSSR count). The van der Waals surface area contributed by atoms with Gasteiger partial charge in [0.1, 0.15) is 5.69 Å². The molecule has 6 nitrogen and oxygen atoms in total. The lowest BCUT2D eigenvalue weighted by atomic mass is 9.95. The molecular weight excluding hydrogens is 354 g/mol. The molecule has 2 heterocycles. The van der Waals surface area contributed by atoms with E-state index in [0.29, 0.717) is 24.6 Å². The number of aromatic hydroxyl groups is 1. The molecule has 0 spiro atoms. The molecule has 1 aromatic heterocycles. The second-order valence-electron chi connectivity index (χ2n) is 6.79. The van der Waals surface area contributed by atoms with Crippen molar-refractivity contribution in [3.8, 4) is 22.8 Å². The van der Waals surface area contributed by atoms with Crippen LogP contribution in [0, 0.1) is 0 Å². The van der Waals surface area contributed by atoms with Crippen molar-refractivity contribution < 1.29 is 14.6 Å². The van der Waals surface area contributed by atoms with Crippen molar-refractivity contribution in [1.82, 2.24) is 15.1 Å². The fraction of sp³-hybridized carbons (Fsp3) is 0.273. The summed E-state index contributed by atoms with van der Waals surface area (Å²) in [6.07, 6.45) is 0.844. The van der Waals surface area contributed by atoms with Gasteiger partial charge >= 0.3 is 0 Å². The van der Waals surface area contributed by atoms with Crippen LogP contribution >= 0.6 is 0 Å². The molecule has 0 bridgehead atoms. The molecule has 0 aliphatic carbocycles. The van der Waals surface area contributed by atoms with Gasteiger partial charge in [0, 0.05) is 17.7 Å². The van der Waals surface area contributed by atoms with Crippen LogP contribution in [-0.4, -0.2) is 39.3 Å². The third-order valence-corrected chi connectivity index (χ3v) is 4.97. The lowest BCUT2D eigenvalue weighted by Gasteiger charge is -2.26. The van der Waals surface area contributed by atoms with Crippen LogP contribution in [0.1, 0.15) is 47.9 Å². The number of phenolic OH excluding ortho intramolecular Hbond substituents is 1. The molecule has 0 saturated heterocycles. The van der Waals surface area contributed by atoms with Crippen LogP contribution in [0.4, 0.5) is 0 Å². The number of carbonyl (C=O) groups is 1. The van der Waals surface area contributed by atoms with Gasteiger partial charge in [-0.05, 0) is 31.0 Å². The van der Waals surface area contributed by atoms with Crippen molar-refractivity contribution in [2.45, 2.75) is 26.3 Å². The molecule has 2 aromatic carbocycles. The van der Waals surface area contributed by atoms with E-state index < -0.39 is 0 Å². The Morgan fingerprint density at radius 3 is 2.68 bits per heavy atom. The molecule has 0 unspecified atom stereocenters. The number of hydrogen-bond donors (Lipinski definition) is 2. The average molecular weight is 377 g/mol. The summed E-state index contributed by atoms with van der Waals surface area (Å²) in [6, 6.07) is 14.8. The zero-order chi connectivity index (χ0) is 19.7. The molecule has 0 fully saturated rings. The summed E-state index contributed by atoms with van der Waals surface area (Å²) in [5.41, 5.74) is 4.03. The molecule has 0 saturated carbocycles. The molecule has 1 amide bonds. The van der Waals surface area contributed by atoms with Crippen molar-refractivity contribution in [2.75, 3.05) is 13.2 Å². The number of carbonyl (C=O) groups excluding carboxylic acids is 1. The third-order valence-electron chi connectivity index (χ3n) is 4.97. The highest BCUT2D eigenvalue weighted by molar-refractivity contribution is 6.00. The highest BCUT2D eigenvalue weighted by Crippen LogP contribution is 2.44. The van der Waals surface area contributed by atoms with E-state index in [1.807, 2.05) is 54.3 Å². The fourth-order valence-corrected chi connectivity index (χ4v) is 3.80. The van der Waals surface area contributed by atoms with Gasteiger partial charge in [0.2, 0.25) is 0 Å². The first-order valence-corrected chi connectivity index (χ1v) is 9.56. The number of nitrogens with one attached hydrogen (secondary N) is 1. The van der Waals surface area contributed by atoms with Crippen molar-refractivity contribution in [1.29, 1.82) is 0 Å². The molecule has 2 N–H and O–H groups in total. The van der Waals surface area contributed by atoms with Gasteiger partial charge in [-0.25, -0.2) is 0 Å². The zero-order valence-electron chi connectivity index (χ0n) is 16.0.